The van der Waals surface area contributed by atoms with Crippen molar-refractivity contribution in [2.45, 2.75) is 6.92 Å². The van der Waals surface area contributed by atoms with Crippen molar-refractivity contribution in [2.24, 2.45) is 0 Å². The Morgan fingerprint density at radius 1 is 1.55 bits per heavy atom. The molecule has 0 atom stereocenters. The number of hydrogen-bond acceptors (Lipinski definition) is 2. The minimum atomic E-state index is 0.642. The second-order valence-electron chi connectivity index (χ2n) is 2.46. The van der Waals surface area contributed by atoms with Gasteiger partial charge >= 0.3 is 0 Å². The molecule has 11 heavy (non-hydrogen) atoms. The van der Waals surface area contributed by atoms with Crippen LogP contribution in [0.25, 0.3) is 5.65 Å². The summed E-state index contributed by atoms with van der Waals surface area (Å²) in [4.78, 5) is 0. The smallest absolute Gasteiger partial charge is 0.199 e. The summed E-state index contributed by atoms with van der Waals surface area (Å²) in [6.45, 7) is 2.02. The molecule has 0 fully saturated rings. The van der Waals surface area contributed by atoms with Crippen LogP contribution in [0.4, 0.5) is 0 Å². The van der Waals surface area contributed by atoms with E-state index in [1.54, 1.807) is 0 Å². The third-order valence-corrected chi connectivity index (χ3v) is 1.85. The predicted octanol–water partition coefficient (Wildman–Crippen LogP) is 1.70. The van der Waals surface area contributed by atoms with Gasteiger partial charge in [-0.25, -0.2) is 0 Å². The summed E-state index contributed by atoms with van der Waals surface area (Å²) in [6, 6.07) is 3.94. The molecule has 2 heterocycles. The third kappa shape index (κ3) is 0.952. The topological polar surface area (TPSA) is 33.1 Å². The van der Waals surface area contributed by atoms with E-state index in [0.717, 1.165) is 5.65 Å². The number of fused-ring (bicyclic) bond motifs is 1. The molecule has 0 saturated carbocycles. The molecule has 0 unspecified atom stereocenters. The van der Waals surface area contributed by atoms with Crippen LogP contribution in [0.5, 0.6) is 0 Å². The molecule has 56 valence electrons. The van der Waals surface area contributed by atoms with Crippen LogP contribution in [0.3, 0.4) is 0 Å². The van der Waals surface area contributed by atoms with Crippen LogP contribution in [0.2, 0.25) is 0 Å². The molecule has 1 N–H and O–H groups in total. The van der Waals surface area contributed by atoms with Crippen LogP contribution >= 0.6 is 12.2 Å². The van der Waals surface area contributed by atoms with E-state index in [-0.39, 0.29) is 0 Å². The van der Waals surface area contributed by atoms with Crippen LogP contribution in [0.1, 0.15) is 5.56 Å². The Bertz CT molecular complexity index is 440. The number of pyridine rings is 1. The van der Waals surface area contributed by atoms with Gasteiger partial charge in [0.25, 0.3) is 0 Å². The maximum atomic E-state index is 4.99. The Morgan fingerprint density at radius 2 is 2.36 bits per heavy atom. The molecule has 2 rings (SSSR count). The quantitative estimate of drug-likeness (QED) is 0.603. The van der Waals surface area contributed by atoms with Crippen molar-refractivity contribution in [1.29, 1.82) is 0 Å². The van der Waals surface area contributed by atoms with Crippen molar-refractivity contribution in [3.8, 4) is 0 Å². The van der Waals surface area contributed by atoms with Crippen molar-refractivity contribution in [3.05, 3.63) is 28.7 Å². The summed E-state index contributed by atoms with van der Waals surface area (Å²) in [5, 5.41) is 6.72. The Morgan fingerprint density at radius 3 is 3.18 bits per heavy atom. The first-order valence-electron chi connectivity index (χ1n) is 3.31. The first-order valence-corrected chi connectivity index (χ1v) is 3.71. The van der Waals surface area contributed by atoms with Crippen LogP contribution in [-0.2, 0) is 0 Å². The number of rotatable bonds is 0. The molecule has 2 aromatic rings. The first kappa shape index (κ1) is 6.54. The van der Waals surface area contributed by atoms with Gasteiger partial charge in [-0.1, -0.05) is 6.07 Å². The van der Waals surface area contributed by atoms with Crippen molar-refractivity contribution < 1.29 is 0 Å². The van der Waals surface area contributed by atoms with E-state index in [0.29, 0.717) is 4.77 Å². The third-order valence-electron chi connectivity index (χ3n) is 1.56. The molecule has 0 aromatic carbocycles. The SMILES string of the molecule is Cc1ccc2n[nH]c(=S)n2c1. The molecule has 0 amide bonds. The second-order valence-corrected chi connectivity index (χ2v) is 2.85. The molecule has 4 heteroatoms. The van der Waals surface area contributed by atoms with E-state index in [1.807, 2.05) is 29.7 Å². The summed E-state index contributed by atoms with van der Waals surface area (Å²) in [5.41, 5.74) is 2.04. The van der Waals surface area contributed by atoms with Crippen LogP contribution in [0, 0.1) is 11.7 Å². The Labute approximate surface area is 68.7 Å². The van der Waals surface area contributed by atoms with Crippen molar-refractivity contribution >= 4 is 17.9 Å². The van der Waals surface area contributed by atoms with E-state index in [1.165, 1.54) is 5.56 Å². The van der Waals surface area contributed by atoms with Gasteiger partial charge in [0.05, 0.1) is 0 Å². The molecule has 3 nitrogen and oxygen atoms in total. The van der Waals surface area contributed by atoms with Gasteiger partial charge in [0.2, 0.25) is 0 Å². The molecule has 0 radical (unpaired) electrons. The minimum absolute atomic E-state index is 0.642. The van der Waals surface area contributed by atoms with Gasteiger partial charge < -0.3 is 0 Å². The fourth-order valence-electron chi connectivity index (χ4n) is 1.01. The lowest BCUT2D eigenvalue weighted by molar-refractivity contribution is 1.07. The zero-order valence-corrected chi connectivity index (χ0v) is 6.85. The van der Waals surface area contributed by atoms with Gasteiger partial charge in [-0.15, -0.1) is 0 Å². The normalized spacial score (nSPS) is 10.6. The van der Waals surface area contributed by atoms with Gasteiger partial charge in [-0.3, -0.25) is 9.50 Å². The van der Waals surface area contributed by atoms with Crippen molar-refractivity contribution in [3.63, 3.8) is 0 Å². The number of H-pyrrole nitrogens is 1. The highest BCUT2D eigenvalue weighted by molar-refractivity contribution is 7.71. The van der Waals surface area contributed by atoms with Crippen LogP contribution < -0.4 is 0 Å². The van der Waals surface area contributed by atoms with Gasteiger partial charge in [0, 0.05) is 6.20 Å². The lowest BCUT2D eigenvalue weighted by Crippen LogP contribution is -1.84. The summed E-state index contributed by atoms with van der Waals surface area (Å²) in [7, 11) is 0. The average Bonchev–Trinajstić information content (AvgIpc) is 2.33. The molecule has 0 bridgehead atoms. The van der Waals surface area contributed by atoms with E-state index < -0.39 is 0 Å². The fourth-order valence-corrected chi connectivity index (χ4v) is 1.20. The Kier molecular flexibility index (Phi) is 1.29. The first-order chi connectivity index (χ1) is 5.27. The second kappa shape index (κ2) is 2.17. The number of aryl methyl sites for hydroxylation is 1. The van der Waals surface area contributed by atoms with E-state index in [4.69, 9.17) is 12.2 Å². The maximum absolute atomic E-state index is 4.99. The van der Waals surface area contributed by atoms with E-state index in [9.17, 15) is 0 Å². The molecule has 0 spiro atoms. The van der Waals surface area contributed by atoms with Gasteiger partial charge in [0.15, 0.2) is 10.4 Å². The lowest BCUT2D eigenvalue weighted by Gasteiger charge is -1.92. The zero-order chi connectivity index (χ0) is 7.84. The summed E-state index contributed by atoms with van der Waals surface area (Å²) in [5.74, 6) is 0. The van der Waals surface area contributed by atoms with Crippen molar-refractivity contribution in [2.75, 3.05) is 0 Å². The Balaban J connectivity index is 2.99. The van der Waals surface area contributed by atoms with Crippen LogP contribution in [-0.4, -0.2) is 14.6 Å². The maximum Gasteiger partial charge on any atom is 0.199 e. The van der Waals surface area contributed by atoms with E-state index >= 15 is 0 Å². The van der Waals surface area contributed by atoms with E-state index in [2.05, 4.69) is 10.2 Å². The highest BCUT2D eigenvalue weighted by Gasteiger charge is 1.94. The predicted molar refractivity (Wildman–Crippen MR) is 45.1 cm³/mol. The average molecular weight is 165 g/mol. The molecular formula is C7H7N3S. The number of hydrogen-bond donors (Lipinski definition) is 1. The largest absolute Gasteiger partial charge is 0.275 e. The van der Waals surface area contributed by atoms with Gasteiger partial charge in [-0.05, 0) is 30.8 Å². The fraction of sp³-hybridized carbons (Fsp3) is 0.143. The molecule has 2 aromatic heterocycles. The summed E-state index contributed by atoms with van der Waals surface area (Å²) >= 11 is 4.99. The molecule has 0 aliphatic carbocycles. The lowest BCUT2D eigenvalue weighted by atomic mass is 10.3. The molecular weight excluding hydrogens is 158 g/mol. The van der Waals surface area contributed by atoms with Crippen LogP contribution in [0.15, 0.2) is 18.3 Å². The summed E-state index contributed by atoms with van der Waals surface area (Å²) < 4.78 is 2.49. The number of aromatic amines is 1. The highest BCUT2D eigenvalue weighted by Crippen LogP contribution is 2.02. The molecule has 0 aliphatic rings. The molecule has 0 saturated heterocycles. The molecule has 0 aliphatic heterocycles. The standard InChI is InChI=1S/C7H7N3S/c1-5-2-3-6-8-9-7(11)10(6)4-5/h2-4H,1H3,(H,9,11). The number of nitrogens with zero attached hydrogens (tertiary/aromatic N) is 2. The monoisotopic (exact) mass is 165 g/mol. The number of nitrogens with one attached hydrogen (secondary N) is 1. The van der Waals surface area contributed by atoms with Gasteiger partial charge in [0.1, 0.15) is 0 Å². The summed E-state index contributed by atoms with van der Waals surface area (Å²) in [6.07, 6.45) is 1.96. The minimum Gasteiger partial charge on any atom is -0.275 e. The number of aromatic nitrogens is 3. The van der Waals surface area contributed by atoms with Crippen molar-refractivity contribution in [1.82, 2.24) is 14.6 Å². The zero-order valence-electron chi connectivity index (χ0n) is 6.03. The Hall–Kier alpha value is -1.16. The van der Waals surface area contributed by atoms with Gasteiger partial charge in [-0.2, -0.15) is 5.10 Å². The highest BCUT2D eigenvalue weighted by atomic mass is 32.1.